The Morgan fingerprint density at radius 3 is 1.93 bits per heavy atom. The van der Waals surface area contributed by atoms with E-state index in [9.17, 15) is 44.3 Å². The fourth-order valence-corrected chi connectivity index (χ4v) is 3.22. The molecule has 30 heavy (non-hydrogen) atoms. The van der Waals surface area contributed by atoms with E-state index >= 15 is 0 Å². The Kier molecular flexibility index (Phi) is 6.39. The molecule has 15 heteroatoms. The quantitative estimate of drug-likeness (QED) is 0.417. The molecule has 0 radical (unpaired) electrons. The second-order valence-electron chi connectivity index (χ2n) is 5.46. The van der Waals surface area contributed by atoms with Gasteiger partial charge in [-0.2, -0.15) is 39.5 Å². The van der Waals surface area contributed by atoms with E-state index in [1.165, 1.54) is 0 Å². The molecule has 1 heterocycles. The summed E-state index contributed by atoms with van der Waals surface area (Å²) in [4.78, 5) is 15.2. The molecule has 1 aromatic heterocycles. The van der Waals surface area contributed by atoms with E-state index in [-0.39, 0.29) is 12.1 Å². The van der Waals surface area contributed by atoms with Gasteiger partial charge in [-0.05, 0) is 44.0 Å². The average molecular weight is 575 g/mol. The summed E-state index contributed by atoms with van der Waals surface area (Å²) in [6.45, 7) is 3.17. The van der Waals surface area contributed by atoms with Crippen LogP contribution >= 0.6 is 31.9 Å². The van der Waals surface area contributed by atoms with Crippen LogP contribution in [0.15, 0.2) is 32.5 Å². The summed E-state index contributed by atoms with van der Waals surface area (Å²) in [7, 11) is 0. The molecule has 1 aromatic carbocycles. The molecule has 0 saturated heterocycles. The van der Waals surface area contributed by atoms with Gasteiger partial charge in [0, 0.05) is 6.20 Å². The lowest BCUT2D eigenvalue weighted by molar-refractivity contribution is -0.143. The van der Waals surface area contributed by atoms with Crippen molar-refractivity contribution in [2.24, 2.45) is 0 Å². The molecule has 0 aliphatic heterocycles. The molecule has 4 nitrogen and oxygen atoms in total. The lowest BCUT2D eigenvalue weighted by Gasteiger charge is -2.19. The Bertz CT molecular complexity index is 1060. The molecule has 164 valence electrons. The highest BCUT2D eigenvalue weighted by molar-refractivity contribution is 9.11. The first kappa shape index (κ1) is 24.2. The predicted octanol–water partition coefficient (Wildman–Crippen LogP) is 6.67. The third kappa shape index (κ3) is 4.82. The smallest absolute Gasteiger partial charge is 0.324 e. The maximum Gasteiger partial charge on any atom is 0.434 e. The van der Waals surface area contributed by atoms with Crippen molar-refractivity contribution < 1.29 is 39.5 Å². The molecule has 0 aliphatic carbocycles. The second-order valence-corrected chi connectivity index (χ2v) is 7.05. The van der Waals surface area contributed by atoms with Crippen LogP contribution in [0.25, 0.3) is 6.20 Å². The summed E-state index contributed by atoms with van der Waals surface area (Å²) in [6.07, 6.45) is -14.9. The van der Waals surface area contributed by atoms with Crippen LogP contribution in [-0.2, 0) is 18.5 Å². The number of hydrogen-bond acceptors (Lipinski definition) is 3. The van der Waals surface area contributed by atoms with Crippen LogP contribution in [0.3, 0.4) is 0 Å². The number of hydrogen-bond donors (Lipinski definition) is 1. The molecular weight excluding hydrogens is 569 g/mol. The summed E-state index contributed by atoms with van der Waals surface area (Å²) in [5, 5.41) is 1.91. The van der Waals surface area contributed by atoms with Crippen LogP contribution in [0.2, 0.25) is 0 Å². The van der Waals surface area contributed by atoms with Crippen molar-refractivity contribution in [2.45, 2.75) is 18.5 Å². The Labute approximate surface area is 177 Å². The van der Waals surface area contributed by atoms with Gasteiger partial charge in [0.25, 0.3) is 5.56 Å². The predicted molar refractivity (Wildman–Crippen MR) is 95.0 cm³/mol. The molecule has 0 saturated carbocycles. The van der Waals surface area contributed by atoms with Gasteiger partial charge in [0.2, 0.25) is 5.95 Å². The molecule has 0 fully saturated rings. The Hall–Kier alpha value is -2.03. The van der Waals surface area contributed by atoms with E-state index in [1.807, 2.05) is 5.32 Å². The topological polar surface area (TPSA) is 46.9 Å². The fourth-order valence-electron chi connectivity index (χ4n) is 2.16. The molecular formula is C15H6Br2F9N3O. The lowest BCUT2D eigenvalue weighted by atomic mass is 10.1. The zero-order valence-electron chi connectivity index (χ0n) is 13.9. The SMILES string of the molecule is C=Cn1c(Nc2cc(C(F)(F)F)cc(C(F)(F)F)c2Br)nc(C(F)(F)F)c(Br)c1=O. The van der Waals surface area contributed by atoms with Gasteiger partial charge >= 0.3 is 18.5 Å². The fraction of sp³-hybridized carbons (Fsp3) is 0.200. The van der Waals surface area contributed by atoms with Gasteiger partial charge in [0.05, 0.1) is 21.3 Å². The minimum absolute atomic E-state index is 0.175. The minimum Gasteiger partial charge on any atom is -0.324 e. The van der Waals surface area contributed by atoms with Crippen molar-refractivity contribution >= 4 is 49.7 Å². The number of anilines is 2. The zero-order chi connectivity index (χ0) is 23.2. The van der Waals surface area contributed by atoms with Gasteiger partial charge < -0.3 is 5.32 Å². The van der Waals surface area contributed by atoms with Crippen molar-refractivity contribution in [3.8, 4) is 0 Å². The van der Waals surface area contributed by atoms with Crippen molar-refractivity contribution in [1.82, 2.24) is 9.55 Å². The Morgan fingerprint density at radius 2 is 1.50 bits per heavy atom. The lowest BCUT2D eigenvalue weighted by Crippen LogP contribution is -2.26. The number of aromatic nitrogens is 2. The summed E-state index contributed by atoms with van der Waals surface area (Å²) in [5.74, 6) is -1.02. The van der Waals surface area contributed by atoms with Crippen LogP contribution in [0.4, 0.5) is 51.1 Å². The molecule has 0 aliphatic rings. The molecule has 1 N–H and O–H groups in total. The van der Waals surface area contributed by atoms with Gasteiger partial charge in [0.15, 0.2) is 5.69 Å². The first-order valence-electron chi connectivity index (χ1n) is 7.25. The summed E-state index contributed by atoms with van der Waals surface area (Å²) in [6, 6.07) is 0.0419. The van der Waals surface area contributed by atoms with Crippen molar-refractivity contribution in [3.05, 3.63) is 54.8 Å². The molecule has 0 spiro atoms. The molecule has 2 aromatic rings. The molecule has 0 bridgehead atoms. The number of alkyl halides is 9. The third-order valence-corrected chi connectivity index (χ3v) is 5.03. The van der Waals surface area contributed by atoms with Crippen LogP contribution in [0.5, 0.6) is 0 Å². The summed E-state index contributed by atoms with van der Waals surface area (Å²) >= 11 is 4.91. The zero-order valence-corrected chi connectivity index (χ0v) is 17.1. The van der Waals surface area contributed by atoms with Crippen LogP contribution in [0.1, 0.15) is 16.8 Å². The highest BCUT2D eigenvalue weighted by Crippen LogP contribution is 2.43. The van der Waals surface area contributed by atoms with Gasteiger partial charge in [-0.25, -0.2) is 4.98 Å². The normalized spacial score (nSPS) is 12.8. The van der Waals surface area contributed by atoms with Gasteiger partial charge in [-0.15, -0.1) is 0 Å². The van der Waals surface area contributed by atoms with Crippen molar-refractivity contribution in [3.63, 3.8) is 0 Å². The van der Waals surface area contributed by atoms with E-state index in [0.29, 0.717) is 10.8 Å². The van der Waals surface area contributed by atoms with E-state index in [4.69, 9.17) is 0 Å². The van der Waals surface area contributed by atoms with E-state index in [1.54, 1.807) is 0 Å². The maximum absolute atomic E-state index is 13.2. The second kappa shape index (κ2) is 7.90. The van der Waals surface area contributed by atoms with E-state index < -0.39 is 61.5 Å². The van der Waals surface area contributed by atoms with E-state index in [0.717, 1.165) is 0 Å². The summed E-state index contributed by atoms with van der Waals surface area (Å²) < 4.78 is 116. The van der Waals surface area contributed by atoms with Gasteiger partial charge in [0.1, 0.15) is 4.47 Å². The highest BCUT2D eigenvalue weighted by atomic mass is 79.9. The number of nitrogens with one attached hydrogen (secondary N) is 1. The largest absolute Gasteiger partial charge is 0.434 e. The van der Waals surface area contributed by atoms with Crippen LogP contribution < -0.4 is 10.9 Å². The first-order chi connectivity index (χ1) is 13.5. The average Bonchev–Trinajstić information content (AvgIpc) is 2.56. The number of benzene rings is 1. The Morgan fingerprint density at radius 1 is 0.933 bits per heavy atom. The molecule has 0 unspecified atom stereocenters. The van der Waals surface area contributed by atoms with Crippen molar-refractivity contribution in [2.75, 3.05) is 5.32 Å². The monoisotopic (exact) mass is 573 g/mol. The minimum atomic E-state index is -5.24. The maximum atomic E-state index is 13.2. The number of rotatable bonds is 3. The third-order valence-electron chi connectivity index (χ3n) is 3.46. The van der Waals surface area contributed by atoms with Gasteiger partial charge in [-0.1, -0.05) is 6.58 Å². The summed E-state index contributed by atoms with van der Waals surface area (Å²) in [5.41, 5.74) is -7.52. The molecule has 0 atom stereocenters. The van der Waals surface area contributed by atoms with E-state index in [2.05, 4.69) is 43.4 Å². The highest BCUT2D eigenvalue weighted by Gasteiger charge is 2.40. The standard InChI is InChI=1S/C15H6Br2F9N3O/c1-2-29-11(30)9(17)10(15(24,25)26)28-12(29)27-7-4-5(13(18,19)20)3-6(8(7)16)14(21,22)23/h2-4H,1H2,(H,27,28). The molecule has 0 amide bonds. The number of nitrogens with zero attached hydrogens (tertiary/aromatic N) is 2. The van der Waals surface area contributed by atoms with Gasteiger partial charge in [-0.3, -0.25) is 9.36 Å². The first-order valence-corrected chi connectivity index (χ1v) is 8.83. The Balaban J connectivity index is 2.81. The van der Waals surface area contributed by atoms with Crippen molar-refractivity contribution in [1.29, 1.82) is 0 Å². The van der Waals surface area contributed by atoms with Crippen LogP contribution in [-0.4, -0.2) is 9.55 Å². The number of halogens is 11. The van der Waals surface area contributed by atoms with Crippen LogP contribution in [0, 0.1) is 0 Å². The molecule has 2 rings (SSSR count).